The summed E-state index contributed by atoms with van der Waals surface area (Å²) in [6.07, 6.45) is 0. The number of esters is 1. The summed E-state index contributed by atoms with van der Waals surface area (Å²) < 4.78 is 4.48. The molecule has 1 fully saturated rings. The number of aliphatic carboxylic acids is 1. The topological polar surface area (TPSA) is 66.4 Å². The van der Waals surface area contributed by atoms with Crippen LogP contribution >= 0.6 is 0 Å². The number of hydrogen-bond acceptors (Lipinski definition) is 4. The Hall–Kier alpha value is -1.06. The van der Waals surface area contributed by atoms with E-state index >= 15 is 0 Å². The number of hydrogen-bond donors (Lipinski definition) is 0. The molecule has 0 aromatic rings. The molecule has 1 heterocycles. The quantitative estimate of drug-likeness (QED) is 0.421. The monoisotopic (exact) mass is 143 g/mol. The number of cyclic esters (lactones) is 1. The highest BCUT2D eigenvalue weighted by atomic mass is 16.5. The Kier molecular flexibility index (Phi) is 1.61. The second kappa shape index (κ2) is 2.28. The zero-order valence-corrected chi connectivity index (χ0v) is 5.49. The molecule has 0 amide bonds. The third-order valence-corrected chi connectivity index (χ3v) is 1.68. The van der Waals surface area contributed by atoms with Crippen LogP contribution in [0.25, 0.3) is 0 Å². The second-order valence-corrected chi connectivity index (χ2v) is 2.34. The van der Waals surface area contributed by atoms with E-state index in [0.29, 0.717) is 0 Å². The average Bonchev–Trinajstić information content (AvgIpc) is 2.14. The molecule has 0 bridgehead atoms. The first-order valence-corrected chi connectivity index (χ1v) is 3.00. The van der Waals surface area contributed by atoms with Crippen LogP contribution in [0.4, 0.5) is 0 Å². The highest BCUT2D eigenvalue weighted by molar-refractivity contribution is 5.82. The van der Waals surface area contributed by atoms with Crippen LogP contribution < -0.4 is 5.11 Å². The van der Waals surface area contributed by atoms with Gasteiger partial charge in [0.05, 0.1) is 5.92 Å². The Bertz CT molecular complexity index is 175. The van der Waals surface area contributed by atoms with Crippen LogP contribution in [0.1, 0.15) is 6.92 Å². The number of carboxylic acids is 1. The minimum Gasteiger partial charge on any atom is -0.550 e. The Morgan fingerprint density at radius 3 is 2.60 bits per heavy atom. The molecule has 0 unspecified atom stereocenters. The fourth-order valence-electron chi connectivity index (χ4n) is 0.884. The summed E-state index contributed by atoms with van der Waals surface area (Å²) in [4.78, 5) is 20.8. The maximum Gasteiger partial charge on any atom is 0.309 e. The van der Waals surface area contributed by atoms with Gasteiger partial charge >= 0.3 is 5.97 Å². The van der Waals surface area contributed by atoms with Gasteiger partial charge in [-0.25, -0.2) is 0 Å². The van der Waals surface area contributed by atoms with Crippen LogP contribution in [-0.2, 0) is 14.3 Å². The van der Waals surface area contributed by atoms with E-state index in [1.807, 2.05) is 0 Å². The molecular formula is C6H7O4-. The van der Waals surface area contributed by atoms with Crippen molar-refractivity contribution in [2.45, 2.75) is 6.92 Å². The van der Waals surface area contributed by atoms with Gasteiger partial charge in [-0.3, -0.25) is 4.79 Å². The van der Waals surface area contributed by atoms with Crippen LogP contribution in [-0.4, -0.2) is 18.5 Å². The third kappa shape index (κ3) is 0.964. The number of carbonyl (C=O) groups excluding carboxylic acids is 2. The van der Waals surface area contributed by atoms with Crippen molar-refractivity contribution in [1.29, 1.82) is 0 Å². The average molecular weight is 143 g/mol. The smallest absolute Gasteiger partial charge is 0.309 e. The maximum atomic E-state index is 10.6. The van der Waals surface area contributed by atoms with E-state index in [1.54, 1.807) is 0 Å². The zero-order chi connectivity index (χ0) is 7.72. The minimum atomic E-state index is -1.21. The first-order chi connectivity index (χ1) is 4.63. The van der Waals surface area contributed by atoms with Crippen LogP contribution in [0.3, 0.4) is 0 Å². The predicted molar refractivity (Wildman–Crippen MR) is 28.6 cm³/mol. The summed E-state index contributed by atoms with van der Waals surface area (Å²) in [5.74, 6) is -2.97. The summed E-state index contributed by atoms with van der Waals surface area (Å²) in [6.45, 7) is 1.48. The molecule has 0 aromatic carbocycles. The first-order valence-electron chi connectivity index (χ1n) is 3.00. The van der Waals surface area contributed by atoms with Gasteiger partial charge in [-0.05, 0) is 0 Å². The van der Waals surface area contributed by atoms with Crippen molar-refractivity contribution in [3.8, 4) is 0 Å². The first kappa shape index (κ1) is 7.05. The van der Waals surface area contributed by atoms with Crippen molar-refractivity contribution in [2.24, 2.45) is 11.8 Å². The summed E-state index contributed by atoms with van der Waals surface area (Å²) in [6, 6.07) is 0. The van der Waals surface area contributed by atoms with Crippen molar-refractivity contribution in [2.75, 3.05) is 6.61 Å². The lowest BCUT2D eigenvalue weighted by atomic mass is 9.98. The second-order valence-electron chi connectivity index (χ2n) is 2.34. The molecule has 0 saturated carbocycles. The molecule has 10 heavy (non-hydrogen) atoms. The molecule has 4 heteroatoms. The molecule has 4 nitrogen and oxygen atoms in total. The lowest BCUT2D eigenvalue weighted by Crippen LogP contribution is -2.35. The molecule has 1 aliphatic rings. The summed E-state index contributed by atoms with van der Waals surface area (Å²) >= 11 is 0. The molecule has 1 aliphatic heterocycles. The van der Waals surface area contributed by atoms with Crippen molar-refractivity contribution < 1.29 is 19.4 Å². The molecule has 1 saturated heterocycles. The van der Waals surface area contributed by atoms with E-state index in [1.165, 1.54) is 6.92 Å². The summed E-state index contributed by atoms with van der Waals surface area (Å²) in [5.41, 5.74) is 0. The molecule has 56 valence electrons. The molecule has 1 rings (SSSR count). The predicted octanol–water partition coefficient (Wildman–Crippen LogP) is -1.45. The largest absolute Gasteiger partial charge is 0.550 e. The molecule has 0 aliphatic carbocycles. The number of carboxylic acid groups (broad SMARTS) is 1. The van der Waals surface area contributed by atoms with Crippen molar-refractivity contribution in [3.05, 3.63) is 0 Å². The Labute approximate surface area is 57.8 Å². The van der Waals surface area contributed by atoms with Gasteiger partial charge in [0.2, 0.25) is 0 Å². The Balaban J connectivity index is 2.66. The van der Waals surface area contributed by atoms with Gasteiger partial charge in [0, 0.05) is 11.9 Å². The molecule has 0 radical (unpaired) electrons. The standard InChI is InChI=1S/C6H8O4/c1-3-4(5(7)8)2-10-6(3)9/h3-4H,2H2,1H3,(H,7,8)/p-1/t3-,4-/m1/s1. The molecular weight excluding hydrogens is 136 g/mol. The maximum absolute atomic E-state index is 10.6. The van der Waals surface area contributed by atoms with E-state index in [-0.39, 0.29) is 6.61 Å². The zero-order valence-electron chi connectivity index (χ0n) is 5.49. The van der Waals surface area contributed by atoms with Crippen LogP contribution in [0.5, 0.6) is 0 Å². The van der Waals surface area contributed by atoms with Crippen molar-refractivity contribution >= 4 is 11.9 Å². The fourth-order valence-corrected chi connectivity index (χ4v) is 0.884. The van der Waals surface area contributed by atoms with E-state index < -0.39 is 23.8 Å². The lowest BCUT2D eigenvalue weighted by molar-refractivity contribution is -0.312. The van der Waals surface area contributed by atoms with Crippen LogP contribution in [0.15, 0.2) is 0 Å². The molecule has 0 spiro atoms. The number of ether oxygens (including phenoxy) is 1. The van der Waals surface area contributed by atoms with Gasteiger partial charge < -0.3 is 14.6 Å². The van der Waals surface area contributed by atoms with Gasteiger partial charge in [0.25, 0.3) is 0 Å². The normalized spacial score (nSPS) is 31.9. The molecule has 2 atom stereocenters. The van der Waals surface area contributed by atoms with Crippen molar-refractivity contribution in [1.82, 2.24) is 0 Å². The highest BCUT2D eigenvalue weighted by Gasteiger charge is 2.33. The van der Waals surface area contributed by atoms with E-state index in [2.05, 4.69) is 4.74 Å². The van der Waals surface area contributed by atoms with Gasteiger partial charge in [0.1, 0.15) is 6.61 Å². The minimum absolute atomic E-state index is 0.0394. The third-order valence-electron chi connectivity index (χ3n) is 1.68. The number of rotatable bonds is 1. The Morgan fingerprint density at radius 2 is 2.40 bits per heavy atom. The number of carbonyl (C=O) groups is 2. The Morgan fingerprint density at radius 1 is 1.80 bits per heavy atom. The van der Waals surface area contributed by atoms with Crippen molar-refractivity contribution in [3.63, 3.8) is 0 Å². The van der Waals surface area contributed by atoms with Gasteiger partial charge in [-0.1, -0.05) is 6.92 Å². The van der Waals surface area contributed by atoms with E-state index in [4.69, 9.17) is 0 Å². The summed E-state index contributed by atoms with van der Waals surface area (Å²) in [7, 11) is 0. The van der Waals surface area contributed by atoms with E-state index in [0.717, 1.165) is 0 Å². The van der Waals surface area contributed by atoms with E-state index in [9.17, 15) is 14.7 Å². The fraction of sp³-hybridized carbons (Fsp3) is 0.667. The van der Waals surface area contributed by atoms with Gasteiger partial charge in [0.15, 0.2) is 0 Å². The summed E-state index contributed by atoms with van der Waals surface area (Å²) in [5, 5.41) is 10.2. The molecule has 0 aromatic heterocycles. The lowest BCUT2D eigenvalue weighted by Gasteiger charge is -2.10. The van der Waals surface area contributed by atoms with Crippen LogP contribution in [0.2, 0.25) is 0 Å². The highest BCUT2D eigenvalue weighted by Crippen LogP contribution is 2.20. The van der Waals surface area contributed by atoms with Gasteiger partial charge in [-0.15, -0.1) is 0 Å². The SMILES string of the molecule is C[C@H]1C(=O)OC[C@H]1C(=O)[O-]. The van der Waals surface area contributed by atoms with Crippen LogP contribution in [0, 0.1) is 11.8 Å². The van der Waals surface area contributed by atoms with Gasteiger partial charge in [-0.2, -0.15) is 0 Å². The molecule has 0 N–H and O–H groups in total.